The molecule has 2 rings (SSSR count). The van der Waals surface area contributed by atoms with E-state index in [1.807, 2.05) is 42.6 Å². The van der Waals surface area contributed by atoms with Gasteiger partial charge in [-0.25, -0.2) is 4.79 Å². The van der Waals surface area contributed by atoms with Gasteiger partial charge in [-0.05, 0) is 59.4 Å². The normalized spacial score (nSPS) is 23.0. The van der Waals surface area contributed by atoms with Gasteiger partial charge in [0.05, 0.1) is 11.7 Å². The number of likely N-dealkylation sites (tertiary alicyclic amines) is 1. The Morgan fingerprint density at radius 1 is 1.36 bits per heavy atom. The topological polar surface area (TPSA) is 47.4 Å². The standard InChI is InChI=1S/C17H29N3O2/c1-12(2)20-15(9-10-18-20)14-8-7-13(3)11-19(14)16(21)22-17(4,5)6/h9-10,12-14H,7-8,11H2,1-6H3. The van der Waals surface area contributed by atoms with Crippen LogP contribution in [0.4, 0.5) is 4.79 Å². The first kappa shape index (κ1) is 16.8. The third-order valence-corrected chi connectivity index (χ3v) is 3.98. The van der Waals surface area contributed by atoms with Crippen LogP contribution in [-0.4, -0.2) is 32.9 Å². The molecule has 1 amide bonds. The molecule has 2 unspecified atom stereocenters. The minimum Gasteiger partial charge on any atom is -0.444 e. The highest BCUT2D eigenvalue weighted by molar-refractivity contribution is 5.69. The molecule has 0 aromatic carbocycles. The molecule has 1 aromatic heterocycles. The molecule has 0 spiro atoms. The van der Waals surface area contributed by atoms with Gasteiger partial charge < -0.3 is 4.74 Å². The molecule has 22 heavy (non-hydrogen) atoms. The molecule has 1 fully saturated rings. The summed E-state index contributed by atoms with van der Waals surface area (Å²) in [5.74, 6) is 0.499. The monoisotopic (exact) mass is 307 g/mol. The molecule has 1 saturated heterocycles. The summed E-state index contributed by atoms with van der Waals surface area (Å²) < 4.78 is 7.62. The molecule has 1 aliphatic heterocycles. The van der Waals surface area contributed by atoms with Crippen LogP contribution >= 0.6 is 0 Å². The Balaban J connectivity index is 2.27. The van der Waals surface area contributed by atoms with Gasteiger partial charge in [0, 0.05) is 18.8 Å². The zero-order chi connectivity index (χ0) is 16.5. The van der Waals surface area contributed by atoms with Gasteiger partial charge in [-0.15, -0.1) is 0 Å². The third-order valence-electron chi connectivity index (χ3n) is 3.98. The average Bonchev–Trinajstić information content (AvgIpc) is 2.85. The Morgan fingerprint density at radius 3 is 2.64 bits per heavy atom. The molecule has 2 atom stereocenters. The van der Waals surface area contributed by atoms with Crippen molar-refractivity contribution in [2.24, 2.45) is 5.92 Å². The van der Waals surface area contributed by atoms with Gasteiger partial charge in [0.1, 0.15) is 5.60 Å². The van der Waals surface area contributed by atoms with Crippen molar-refractivity contribution in [3.05, 3.63) is 18.0 Å². The lowest BCUT2D eigenvalue weighted by Gasteiger charge is -2.39. The van der Waals surface area contributed by atoms with Gasteiger partial charge >= 0.3 is 6.09 Å². The Hall–Kier alpha value is -1.52. The largest absolute Gasteiger partial charge is 0.444 e. The van der Waals surface area contributed by atoms with Crippen molar-refractivity contribution in [3.8, 4) is 0 Å². The molecule has 124 valence electrons. The van der Waals surface area contributed by atoms with Crippen LogP contribution in [0.5, 0.6) is 0 Å². The SMILES string of the molecule is CC1CCC(c2ccnn2C(C)C)N(C(=O)OC(C)(C)C)C1. The van der Waals surface area contributed by atoms with Crippen LogP contribution < -0.4 is 0 Å². The van der Waals surface area contributed by atoms with E-state index in [1.54, 1.807) is 0 Å². The van der Waals surface area contributed by atoms with Crippen LogP contribution in [-0.2, 0) is 4.74 Å². The zero-order valence-corrected chi connectivity index (χ0v) is 14.7. The molecule has 5 heteroatoms. The van der Waals surface area contributed by atoms with E-state index in [0.717, 1.165) is 25.1 Å². The highest BCUT2D eigenvalue weighted by atomic mass is 16.6. The zero-order valence-electron chi connectivity index (χ0n) is 14.7. The van der Waals surface area contributed by atoms with Crippen molar-refractivity contribution in [2.45, 2.75) is 72.1 Å². The van der Waals surface area contributed by atoms with Crippen molar-refractivity contribution >= 4 is 6.09 Å². The fourth-order valence-corrected chi connectivity index (χ4v) is 3.00. The maximum atomic E-state index is 12.6. The third kappa shape index (κ3) is 3.81. The number of carbonyl (C=O) groups excluding carboxylic acids is 1. The van der Waals surface area contributed by atoms with E-state index in [9.17, 15) is 4.79 Å². The maximum Gasteiger partial charge on any atom is 0.410 e. The predicted octanol–water partition coefficient (Wildman–Crippen LogP) is 4.17. The second-order valence-electron chi connectivity index (χ2n) is 7.63. The molecule has 2 heterocycles. The molecule has 1 aromatic rings. The molecule has 0 bridgehead atoms. The minimum atomic E-state index is -0.472. The maximum absolute atomic E-state index is 12.6. The number of ether oxygens (including phenoxy) is 1. The fourth-order valence-electron chi connectivity index (χ4n) is 3.00. The number of rotatable bonds is 2. The van der Waals surface area contributed by atoms with Crippen LogP contribution in [0.15, 0.2) is 12.3 Å². The highest BCUT2D eigenvalue weighted by Gasteiger charge is 2.35. The van der Waals surface area contributed by atoms with E-state index in [-0.39, 0.29) is 18.2 Å². The minimum absolute atomic E-state index is 0.0518. The van der Waals surface area contributed by atoms with Gasteiger partial charge in [-0.1, -0.05) is 6.92 Å². The summed E-state index contributed by atoms with van der Waals surface area (Å²) >= 11 is 0. The van der Waals surface area contributed by atoms with Gasteiger partial charge in [0.15, 0.2) is 0 Å². The molecule has 0 radical (unpaired) electrons. The van der Waals surface area contributed by atoms with E-state index < -0.39 is 5.60 Å². The highest BCUT2D eigenvalue weighted by Crippen LogP contribution is 2.35. The first-order valence-electron chi connectivity index (χ1n) is 8.22. The lowest BCUT2D eigenvalue weighted by Crippen LogP contribution is -2.44. The Bertz CT molecular complexity index is 516. The molecule has 0 aliphatic carbocycles. The lowest BCUT2D eigenvalue weighted by molar-refractivity contribution is 0.00231. The molecule has 0 saturated carbocycles. The first-order chi connectivity index (χ1) is 10.2. The lowest BCUT2D eigenvalue weighted by atomic mass is 9.92. The van der Waals surface area contributed by atoms with Crippen LogP contribution in [0, 0.1) is 5.92 Å². The van der Waals surface area contributed by atoms with Crippen molar-refractivity contribution < 1.29 is 9.53 Å². The summed E-state index contributed by atoms with van der Waals surface area (Å²) in [7, 11) is 0. The first-order valence-corrected chi connectivity index (χ1v) is 8.22. The number of nitrogens with zero attached hydrogens (tertiary/aromatic N) is 3. The van der Waals surface area contributed by atoms with Crippen LogP contribution in [0.2, 0.25) is 0 Å². The Labute approximate surface area is 133 Å². The second kappa shape index (κ2) is 6.31. The summed E-state index contributed by atoms with van der Waals surface area (Å²) in [6, 6.07) is 2.36. The molecule has 5 nitrogen and oxygen atoms in total. The van der Waals surface area contributed by atoms with Crippen molar-refractivity contribution in [2.75, 3.05) is 6.54 Å². The molecule has 0 N–H and O–H groups in total. The predicted molar refractivity (Wildman–Crippen MR) is 86.7 cm³/mol. The number of aromatic nitrogens is 2. The van der Waals surface area contributed by atoms with Crippen molar-refractivity contribution in [1.82, 2.24) is 14.7 Å². The summed E-state index contributed by atoms with van der Waals surface area (Å²) in [5.41, 5.74) is 0.633. The van der Waals surface area contributed by atoms with Crippen molar-refractivity contribution in [3.63, 3.8) is 0 Å². The van der Waals surface area contributed by atoms with Crippen LogP contribution in [0.25, 0.3) is 0 Å². The van der Waals surface area contributed by atoms with E-state index >= 15 is 0 Å². The van der Waals surface area contributed by atoms with Gasteiger partial charge in [0.2, 0.25) is 0 Å². The number of piperidine rings is 1. The van der Waals surface area contributed by atoms with Crippen molar-refractivity contribution in [1.29, 1.82) is 0 Å². The number of carbonyl (C=O) groups is 1. The summed E-state index contributed by atoms with van der Waals surface area (Å²) in [5, 5.41) is 4.42. The molecular weight excluding hydrogens is 278 g/mol. The van der Waals surface area contributed by atoms with E-state index in [2.05, 4.69) is 25.9 Å². The van der Waals surface area contributed by atoms with Gasteiger partial charge in [-0.3, -0.25) is 9.58 Å². The summed E-state index contributed by atoms with van der Waals surface area (Å²) in [4.78, 5) is 14.5. The fraction of sp³-hybridized carbons (Fsp3) is 0.765. The van der Waals surface area contributed by atoms with E-state index in [1.165, 1.54) is 0 Å². The second-order valence-corrected chi connectivity index (χ2v) is 7.63. The van der Waals surface area contributed by atoms with Gasteiger partial charge in [0.25, 0.3) is 0 Å². The Morgan fingerprint density at radius 2 is 2.05 bits per heavy atom. The summed E-state index contributed by atoms with van der Waals surface area (Å²) in [6.07, 6.45) is 3.67. The molecule has 1 aliphatic rings. The average molecular weight is 307 g/mol. The number of amides is 1. The van der Waals surface area contributed by atoms with E-state index in [4.69, 9.17) is 4.74 Å². The number of hydrogen-bond acceptors (Lipinski definition) is 3. The summed E-state index contributed by atoms with van der Waals surface area (Å²) in [6.45, 7) is 12.9. The molecular formula is C17H29N3O2. The van der Waals surface area contributed by atoms with Crippen LogP contribution in [0.3, 0.4) is 0 Å². The Kier molecular flexibility index (Phi) is 4.83. The van der Waals surface area contributed by atoms with E-state index in [0.29, 0.717) is 5.92 Å². The quantitative estimate of drug-likeness (QED) is 0.823. The van der Waals surface area contributed by atoms with Gasteiger partial charge in [-0.2, -0.15) is 5.10 Å². The van der Waals surface area contributed by atoms with Crippen LogP contribution in [0.1, 0.15) is 72.2 Å². The smallest absolute Gasteiger partial charge is 0.410 e. The number of hydrogen-bond donors (Lipinski definition) is 0.